The van der Waals surface area contributed by atoms with Crippen molar-refractivity contribution < 1.29 is 9.59 Å². The van der Waals surface area contributed by atoms with Gasteiger partial charge in [0.05, 0.1) is 24.3 Å². The fourth-order valence-electron chi connectivity index (χ4n) is 4.38. The molecule has 7 heteroatoms. The summed E-state index contributed by atoms with van der Waals surface area (Å²) in [6, 6.07) is 13.2. The first-order valence-corrected chi connectivity index (χ1v) is 9.42. The summed E-state index contributed by atoms with van der Waals surface area (Å²) in [6.45, 7) is 1.55. The summed E-state index contributed by atoms with van der Waals surface area (Å²) in [7, 11) is 1.87. The first-order chi connectivity index (χ1) is 13.6. The van der Waals surface area contributed by atoms with Crippen LogP contribution in [0.3, 0.4) is 0 Å². The lowest BCUT2D eigenvalue weighted by molar-refractivity contribution is 0.0547. The number of amides is 2. The van der Waals surface area contributed by atoms with Crippen molar-refractivity contribution in [2.75, 3.05) is 13.1 Å². The maximum absolute atomic E-state index is 13.2. The Labute approximate surface area is 162 Å². The first kappa shape index (κ1) is 16.8. The van der Waals surface area contributed by atoms with Gasteiger partial charge in [-0.05, 0) is 36.4 Å². The Morgan fingerprint density at radius 1 is 1.07 bits per heavy atom. The molecule has 7 nitrogen and oxygen atoms in total. The van der Waals surface area contributed by atoms with Crippen LogP contribution in [-0.4, -0.2) is 54.9 Å². The van der Waals surface area contributed by atoms with Gasteiger partial charge >= 0.3 is 0 Å². The van der Waals surface area contributed by atoms with Gasteiger partial charge in [-0.15, -0.1) is 0 Å². The average molecular weight is 375 g/mol. The minimum absolute atomic E-state index is 0.000779. The normalized spacial score (nSPS) is 21.0. The molecule has 0 saturated carbocycles. The van der Waals surface area contributed by atoms with E-state index in [1.807, 2.05) is 80.8 Å². The minimum Gasteiger partial charge on any atom is -0.347 e. The second kappa shape index (κ2) is 6.37. The van der Waals surface area contributed by atoms with Crippen LogP contribution < -0.4 is 0 Å². The zero-order chi connectivity index (χ0) is 19.3. The molecule has 5 heterocycles. The lowest BCUT2D eigenvalue weighted by Crippen LogP contribution is -2.50. The summed E-state index contributed by atoms with van der Waals surface area (Å²) in [4.78, 5) is 34.3. The number of likely N-dealkylation sites (tertiary alicyclic amines) is 1. The third-order valence-corrected chi connectivity index (χ3v) is 5.78. The first-order valence-electron chi connectivity index (χ1n) is 9.42. The van der Waals surface area contributed by atoms with Gasteiger partial charge < -0.3 is 18.9 Å². The van der Waals surface area contributed by atoms with Crippen molar-refractivity contribution >= 4 is 11.8 Å². The van der Waals surface area contributed by atoms with E-state index in [0.717, 1.165) is 5.69 Å². The molecule has 0 aliphatic carbocycles. The fourth-order valence-corrected chi connectivity index (χ4v) is 4.38. The van der Waals surface area contributed by atoms with Gasteiger partial charge in [-0.1, -0.05) is 6.07 Å². The molecule has 5 rings (SSSR count). The standard InChI is InChI=1S/C21H21N5O2/c1-23-10-4-7-16(23)20(27)24-13-18-19(14-24)26(12-15-6-2-3-9-22-15)21(28)17-8-5-11-25(17)18/h2-11,18-19H,12-14H2,1H3/t18-,19+/m0/s1. The Hall–Kier alpha value is -3.35. The molecule has 0 aromatic carbocycles. The van der Waals surface area contributed by atoms with Crippen molar-refractivity contribution in [3.63, 3.8) is 0 Å². The Balaban J connectivity index is 1.48. The molecule has 0 N–H and O–H groups in total. The SMILES string of the molecule is Cn1cccc1C(=O)N1C[C@@H]2[C@H](C1)n1cccc1C(=O)N2Cc1ccccn1. The van der Waals surface area contributed by atoms with E-state index >= 15 is 0 Å². The van der Waals surface area contributed by atoms with Crippen molar-refractivity contribution in [3.8, 4) is 0 Å². The Morgan fingerprint density at radius 3 is 2.64 bits per heavy atom. The minimum atomic E-state index is -0.0707. The van der Waals surface area contributed by atoms with Crippen LogP contribution in [0.25, 0.3) is 0 Å². The molecular weight excluding hydrogens is 354 g/mol. The van der Waals surface area contributed by atoms with Crippen molar-refractivity contribution in [2.45, 2.75) is 18.6 Å². The van der Waals surface area contributed by atoms with Gasteiger partial charge in [0.1, 0.15) is 11.4 Å². The smallest absolute Gasteiger partial charge is 0.271 e. The molecule has 1 fully saturated rings. The predicted octanol–water partition coefficient (Wildman–Crippen LogP) is 1.94. The highest BCUT2D eigenvalue weighted by molar-refractivity contribution is 5.95. The molecule has 2 atom stereocenters. The number of aromatic nitrogens is 3. The van der Waals surface area contributed by atoms with Crippen molar-refractivity contribution in [1.29, 1.82) is 0 Å². The second-order valence-electron chi connectivity index (χ2n) is 7.40. The molecule has 0 radical (unpaired) electrons. The molecule has 0 spiro atoms. The highest BCUT2D eigenvalue weighted by Gasteiger charge is 2.46. The molecule has 3 aromatic rings. The lowest BCUT2D eigenvalue weighted by atomic mass is 10.1. The number of nitrogens with zero attached hydrogens (tertiary/aromatic N) is 5. The predicted molar refractivity (Wildman–Crippen MR) is 103 cm³/mol. The third kappa shape index (κ3) is 2.54. The number of hydrogen-bond acceptors (Lipinski definition) is 3. The topological polar surface area (TPSA) is 63.4 Å². The quantitative estimate of drug-likeness (QED) is 0.703. The number of pyridine rings is 1. The third-order valence-electron chi connectivity index (χ3n) is 5.78. The number of aryl methyl sites for hydroxylation is 1. The largest absolute Gasteiger partial charge is 0.347 e. The van der Waals surface area contributed by atoms with Gasteiger partial charge in [-0.25, -0.2) is 0 Å². The molecule has 142 valence electrons. The van der Waals surface area contributed by atoms with Crippen LogP contribution in [0.1, 0.15) is 32.7 Å². The molecule has 3 aromatic heterocycles. The number of fused-ring (bicyclic) bond motifs is 3. The summed E-state index contributed by atoms with van der Waals surface area (Å²) >= 11 is 0. The van der Waals surface area contributed by atoms with Crippen molar-refractivity contribution in [1.82, 2.24) is 23.9 Å². The number of rotatable bonds is 3. The van der Waals surface area contributed by atoms with Crippen molar-refractivity contribution in [2.24, 2.45) is 7.05 Å². The van der Waals surface area contributed by atoms with E-state index in [4.69, 9.17) is 0 Å². The highest BCUT2D eigenvalue weighted by atomic mass is 16.2. The second-order valence-corrected chi connectivity index (χ2v) is 7.40. The zero-order valence-corrected chi connectivity index (χ0v) is 15.6. The van der Waals surface area contributed by atoms with E-state index in [0.29, 0.717) is 31.0 Å². The van der Waals surface area contributed by atoms with E-state index in [1.165, 1.54) is 0 Å². The number of hydrogen-bond donors (Lipinski definition) is 0. The molecule has 1 saturated heterocycles. The van der Waals surface area contributed by atoms with Crippen LogP contribution in [-0.2, 0) is 13.6 Å². The average Bonchev–Trinajstić information content (AvgIpc) is 3.44. The summed E-state index contributed by atoms with van der Waals surface area (Å²) in [6.07, 6.45) is 5.56. The highest BCUT2D eigenvalue weighted by Crippen LogP contribution is 2.35. The summed E-state index contributed by atoms with van der Waals surface area (Å²) < 4.78 is 3.86. The van der Waals surface area contributed by atoms with Gasteiger partial charge in [-0.2, -0.15) is 0 Å². The van der Waals surface area contributed by atoms with E-state index < -0.39 is 0 Å². The molecule has 28 heavy (non-hydrogen) atoms. The van der Waals surface area contributed by atoms with Crippen LogP contribution in [0.15, 0.2) is 61.1 Å². The Bertz CT molecular complexity index is 1040. The molecule has 0 unspecified atom stereocenters. The molecule has 2 aliphatic rings. The van der Waals surface area contributed by atoms with Gasteiger partial charge in [0.25, 0.3) is 11.8 Å². The summed E-state index contributed by atoms with van der Waals surface area (Å²) in [5.74, 6) is -0.00842. The number of carbonyl (C=O) groups excluding carboxylic acids is 2. The van der Waals surface area contributed by atoms with Crippen LogP contribution >= 0.6 is 0 Å². The zero-order valence-electron chi connectivity index (χ0n) is 15.6. The van der Waals surface area contributed by atoms with Gasteiger partial charge in [0.15, 0.2) is 0 Å². The van der Waals surface area contributed by atoms with E-state index in [2.05, 4.69) is 4.98 Å². The van der Waals surface area contributed by atoms with E-state index in [9.17, 15) is 9.59 Å². The van der Waals surface area contributed by atoms with E-state index in [-0.39, 0.29) is 23.9 Å². The van der Waals surface area contributed by atoms with Gasteiger partial charge in [0, 0.05) is 38.7 Å². The maximum Gasteiger partial charge on any atom is 0.271 e. The maximum atomic E-state index is 13.2. The number of carbonyl (C=O) groups is 2. The van der Waals surface area contributed by atoms with Crippen LogP contribution in [0, 0.1) is 0 Å². The fraction of sp³-hybridized carbons (Fsp3) is 0.286. The molecule has 2 amide bonds. The van der Waals surface area contributed by atoms with Crippen molar-refractivity contribution in [3.05, 3.63) is 78.1 Å². The lowest BCUT2D eigenvalue weighted by Gasteiger charge is -2.37. The van der Waals surface area contributed by atoms with Gasteiger partial charge in [-0.3, -0.25) is 14.6 Å². The summed E-state index contributed by atoms with van der Waals surface area (Å²) in [5.41, 5.74) is 2.18. The van der Waals surface area contributed by atoms with Crippen LogP contribution in [0.2, 0.25) is 0 Å². The molecule has 0 bridgehead atoms. The Morgan fingerprint density at radius 2 is 1.89 bits per heavy atom. The molecular formula is C21H21N5O2. The van der Waals surface area contributed by atoms with Gasteiger partial charge in [0.2, 0.25) is 0 Å². The molecule has 2 aliphatic heterocycles. The summed E-state index contributed by atoms with van der Waals surface area (Å²) in [5, 5.41) is 0. The van der Waals surface area contributed by atoms with Crippen LogP contribution in [0.4, 0.5) is 0 Å². The van der Waals surface area contributed by atoms with E-state index in [1.54, 1.807) is 6.20 Å². The Kier molecular flexibility index (Phi) is 3.82. The monoisotopic (exact) mass is 375 g/mol. The van der Waals surface area contributed by atoms with Crippen LogP contribution in [0.5, 0.6) is 0 Å².